The molecule has 0 heterocycles. The molecule has 0 radical (unpaired) electrons. The van der Waals surface area contributed by atoms with Crippen LogP contribution in [0.2, 0.25) is 0 Å². The third-order valence-corrected chi connectivity index (χ3v) is 2.59. The lowest BCUT2D eigenvalue weighted by Crippen LogP contribution is -2.60. The molecule has 1 rings (SSSR count). The number of nitrogens with one attached hydrogen (secondary N) is 1. The minimum Gasteiger partial charge on any atom is -0.444 e. The third-order valence-electron chi connectivity index (χ3n) is 2.59. The standard InChI is InChI=1S/C11H17N3O3/c1-10(2,3)17-9(16)14-11(5-4-6-11)8(15)7-13-12/h7H,4-6H2,1-3H3,(H,14,16). The lowest BCUT2D eigenvalue weighted by atomic mass is 9.74. The van der Waals surface area contributed by atoms with Gasteiger partial charge in [-0.2, -0.15) is 4.79 Å². The Morgan fingerprint density at radius 2 is 2.00 bits per heavy atom. The summed E-state index contributed by atoms with van der Waals surface area (Å²) >= 11 is 0. The molecule has 1 aliphatic carbocycles. The molecule has 0 bridgehead atoms. The molecule has 0 atom stereocenters. The molecule has 1 aliphatic rings. The van der Waals surface area contributed by atoms with Crippen molar-refractivity contribution in [2.45, 2.75) is 51.2 Å². The molecular weight excluding hydrogens is 222 g/mol. The summed E-state index contributed by atoms with van der Waals surface area (Å²) in [4.78, 5) is 26.0. The molecule has 6 nitrogen and oxygen atoms in total. The number of amides is 1. The lowest BCUT2D eigenvalue weighted by molar-refractivity contribution is -0.125. The highest BCUT2D eigenvalue weighted by atomic mass is 16.6. The Morgan fingerprint density at radius 3 is 2.35 bits per heavy atom. The van der Waals surface area contributed by atoms with Gasteiger partial charge in [0.1, 0.15) is 11.1 Å². The summed E-state index contributed by atoms with van der Waals surface area (Å²) < 4.78 is 5.09. The number of Topliss-reactive ketones (excluding diaryl/α,β-unsaturated/α-hetero) is 1. The van der Waals surface area contributed by atoms with Crippen LogP contribution in [0.3, 0.4) is 0 Å². The summed E-state index contributed by atoms with van der Waals surface area (Å²) in [5.41, 5.74) is 6.79. The van der Waals surface area contributed by atoms with Crippen LogP contribution in [0, 0.1) is 0 Å². The smallest absolute Gasteiger partial charge is 0.408 e. The van der Waals surface area contributed by atoms with Gasteiger partial charge in [-0.1, -0.05) is 0 Å². The molecule has 1 saturated carbocycles. The molecule has 0 aromatic carbocycles. The van der Waals surface area contributed by atoms with Crippen molar-refractivity contribution in [2.75, 3.05) is 0 Å². The van der Waals surface area contributed by atoms with Crippen molar-refractivity contribution in [3.8, 4) is 0 Å². The van der Waals surface area contributed by atoms with Crippen molar-refractivity contribution in [1.82, 2.24) is 5.32 Å². The minimum absolute atomic E-state index is 0.405. The lowest BCUT2D eigenvalue weighted by Gasteiger charge is -2.38. The monoisotopic (exact) mass is 239 g/mol. The Morgan fingerprint density at radius 1 is 1.41 bits per heavy atom. The van der Waals surface area contributed by atoms with E-state index in [9.17, 15) is 9.59 Å². The van der Waals surface area contributed by atoms with E-state index in [0.717, 1.165) is 12.6 Å². The van der Waals surface area contributed by atoms with Crippen molar-refractivity contribution in [3.63, 3.8) is 0 Å². The second-order valence-corrected chi connectivity index (χ2v) is 5.17. The maximum atomic E-state index is 11.7. The molecule has 17 heavy (non-hydrogen) atoms. The van der Waals surface area contributed by atoms with Gasteiger partial charge in [0.25, 0.3) is 5.78 Å². The van der Waals surface area contributed by atoms with Crippen LogP contribution < -0.4 is 5.32 Å². The molecule has 0 unspecified atom stereocenters. The number of rotatable bonds is 3. The van der Waals surface area contributed by atoms with E-state index in [1.807, 2.05) is 0 Å². The minimum atomic E-state index is -0.950. The molecule has 0 aromatic rings. The maximum Gasteiger partial charge on any atom is 0.408 e. The molecule has 1 N–H and O–H groups in total. The van der Waals surface area contributed by atoms with E-state index < -0.39 is 23.0 Å². The summed E-state index contributed by atoms with van der Waals surface area (Å²) in [7, 11) is 0. The van der Waals surface area contributed by atoms with E-state index in [0.29, 0.717) is 12.8 Å². The van der Waals surface area contributed by atoms with Gasteiger partial charge in [-0.25, -0.2) is 4.79 Å². The highest BCUT2D eigenvalue weighted by Gasteiger charge is 2.47. The van der Waals surface area contributed by atoms with E-state index in [2.05, 4.69) is 10.1 Å². The summed E-state index contributed by atoms with van der Waals surface area (Å²) in [5.74, 6) is -0.405. The van der Waals surface area contributed by atoms with E-state index in [1.165, 1.54) is 0 Å². The van der Waals surface area contributed by atoms with Gasteiger partial charge in [-0.05, 0) is 40.0 Å². The molecule has 0 spiro atoms. The Labute approximate surface area is 100.0 Å². The van der Waals surface area contributed by atoms with Crippen LogP contribution in [0.4, 0.5) is 4.79 Å². The zero-order valence-electron chi connectivity index (χ0n) is 10.3. The second-order valence-electron chi connectivity index (χ2n) is 5.17. The summed E-state index contributed by atoms with van der Waals surface area (Å²) in [5, 5.41) is 2.56. The Hall–Kier alpha value is -1.68. The van der Waals surface area contributed by atoms with Crippen LogP contribution in [-0.4, -0.2) is 34.0 Å². The van der Waals surface area contributed by atoms with Crippen molar-refractivity contribution in [2.24, 2.45) is 0 Å². The number of carbonyl (C=O) groups is 2. The van der Waals surface area contributed by atoms with Crippen LogP contribution in [0.15, 0.2) is 0 Å². The van der Waals surface area contributed by atoms with E-state index >= 15 is 0 Å². The highest BCUT2D eigenvalue weighted by Crippen LogP contribution is 2.32. The van der Waals surface area contributed by atoms with Crippen molar-refractivity contribution >= 4 is 18.1 Å². The molecule has 0 aliphatic heterocycles. The summed E-state index contributed by atoms with van der Waals surface area (Å²) in [6.07, 6.45) is 2.11. The molecule has 1 amide bonds. The molecule has 0 saturated heterocycles. The topological polar surface area (TPSA) is 91.8 Å². The van der Waals surface area contributed by atoms with Crippen molar-refractivity contribution in [1.29, 1.82) is 0 Å². The van der Waals surface area contributed by atoms with Crippen LogP contribution >= 0.6 is 0 Å². The number of alkyl carbamates (subject to hydrolysis) is 1. The molecule has 0 aromatic heterocycles. The number of hydrogen-bond donors (Lipinski definition) is 1. The average Bonchev–Trinajstić information content (AvgIpc) is 2.08. The van der Waals surface area contributed by atoms with Gasteiger partial charge in [0.05, 0.1) is 0 Å². The molecule has 94 valence electrons. The van der Waals surface area contributed by atoms with Crippen LogP contribution in [0.1, 0.15) is 40.0 Å². The van der Waals surface area contributed by atoms with Crippen LogP contribution in [0.25, 0.3) is 5.53 Å². The zero-order chi connectivity index (χ0) is 13.1. The van der Waals surface area contributed by atoms with Gasteiger partial charge in [0.15, 0.2) is 0 Å². The molecule has 6 heteroatoms. The average molecular weight is 239 g/mol. The van der Waals surface area contributed by atoms with Gasteiger partial charge in [0, 0.05) is 0 Å². The van der Waals surface area contributed by atoms with Crippen molar-refractivity contribution in [3.05, 3.63) is 5.53 Å². The first-order valence-corrected chi connectivity index (χ1v) is 5.52. The number of ketones is 1. The molecular formula is C11H17N3O3. The maximum absolute atomic E-state index is 11.7. The fourth-order valence-electron chi connectivity index (χ4n) is 1.64. The normalized spacial score (nSPS) is 17.4. The van der Waals surface area contributed by atoms with Gasteiger partial charge < -0.3 is 15.6 Å². The Kier molecular flexibility index (Phi) is 3.68. The van der Waals surface area contributed by atoms with Gasteiger partial charge in [-0.15, -0.1) is 0 Å². The fourth-order valence-corrected chi connectivity index (χ4v) is 1.64. The van der Waals surface area contributed by atoms with Gasteiger partial charge in [0.2, 0.25) is 0 Å². The van der Waals surface area contributed by atoms with Crippen LogP contribution in [-0.2, 0) is 9.53 Å². The highest BCUT2D eigenvalue weighted by molar-refractivity contribution is 6.30. The largest absolute Gasteiger partial charge is 0.444 e. The van der Waals surface area contributed by atoms with E-state index in [4.69, 9.17) is 10.3 Å². The number of carbonyl (C=O) groups excluding carboxylic acids is 2. The molecule has 1 fully saturated rings. The third kappa shape index (κ3) is 3.39. The second kappa shape index (κ2) is 4.67. The first kappa shape index (κ1) is 13.4. The summed E-state index contributed by atoms with van der Waals surface area (Å²) in [6, 6.07) is 0. The Balaban J connectivity index is 2.67. The SMILES string of the molecule is CC(C)(C)OC(=O)NC1(C(=O)C=[N+]=[N-])CCC1. The quantitative estimate of drug-likeness (QED) is 0.457. The van der Waals surface area contributed by atoms with Crippen molar-refractivity contribution < 1.29 is 19.1 Å². The number of nitrogens with zero attached hydrogens (tertiary/aromatic N) is 2. The number of hydrogen-bond acceptors (Lipinski definition) is 3. The van der Waals surface area contributed by atoms with Crippen LogP contribution in [0.5, 0.6) is 0 Å². The Bertz CT molecular complexity index is 374. The first-order chi connectivity index (χ1) is 7.79. The van der Waals surface area contributed by atoms with Gasteiger partial charge in [-0.3, -0.25) is 4.79 Å². The summed E-state index contributed by atoms with van der Waals surface area (Å²) in [6.45, 7) is 5.24. The fraction of sp³-hybridized carbons (Fsp3) is 0.727. The van der Waals surface area contributed by atoms with E-state index in [-0.39, 0.29) is 0 Å². The first-order valence-electron chi connectivity index (χ1n) is 5.52. The number of ether oxygens (including phenoxy) is 1. The predicted octanol–water partition coefficient (Wildman–Crippen LogP) is 1.30. The zero-order valence-corrected chi connectivity index (χ0v) is 10.3. The van der Waals surface area contributed by atoms with E-state index in [1.54, 1.807) is 20.8 Å². The predicted molar refractivity (Wildman–Crippen MR) is 60.6 cm³/mol. The van der Waals surface area contributed by atoms with Gasteiger partial charge >= 0.3 is 12.3 Å².